The first-order chi connectivity index (χ1) is 14.8. The van der Waals surface area contributed by atoms with Crippen molar-refractivity contribution in [3.05, 3.63) is 53.6 Å². The van der Waals surface area contributed by atoms with E-state index in [-0.39, 0.29) is 16.7 Å². The number of rotatable bonds is 4. The Morgan fingerprint density at radius 2 is 1.42 bits per heavy atom. The van der Waals surface area contributed by atoms with Crippen LogP contribution in [-0.2, 0) is 19.6 Å². The molecule has 2 amide bonds. The van der Waals surface area contributed by atoms with Crippen LogP contribution < -0.4 is 9.80 Å². The Morgan fingerprint density at radius 1 is 0.806 bits per heavy atom. The van der Waals surface area contributed by atoms with Crippen LogP contribution in [0, 0.1) is 13.8 Å². The number of aryl methyl sites for hydroxylation is 1. The summed E-state index contributed by atoms with van der Waals surface area (Å²) in [5.41, 5.74) is 4.01. The minimum Gasteiger partial charge on any atom is -0.369 e. The molecule has 31 heavy (non-hydrogen) atoms. The Balaban J connectivity index is 1.47. The number of carbonyl (C=O) groups excluding carboxylic acids is 2. The first-order valence-corrected chi connectivity index (χ1v) is 12.0. The van der Waals surface area contributed by atoms with Crippen molar-refractivity contribution in [2.24, 2.45) is 0 Å². The summed E-state index contributed by atoms with van der Waals surface area (Å²) in [6.07, 6.45) is 1.22. The van der Waals surface area contributed by atoms with Gasteiger partial charge in [0, 0.05) is 44.7 Å². The van der Waals surface area contributed by atoms with E-state index in [1.165, 1.54) is 27.6 Å². The second kappa shape index (κ2) is 8.43. The van der Waals surface area contributed by atoms with Crippen molar-refractivity contribution in [2.45, 2.75) is 38.0 Å². The van der Waals surface area contributed by atoms with Gasteiger partial charge in [0.15, 0.2) is 0 Å². The fourth-order valence-corrected chi connectivity index (χ4v) is 5.63. The molecule has 8 heteroatoms. The van der Waals surface area contributed by atoms with Crippen molar-refractivity contribution in [3.8, 4) is 0 Å². The lowest BCUT2D eigenvalue weighted by Gasteiger charge is -2.36. The number of imide groups is 1. The predicted molar refractivity (Wildman–Crippen MR) is 120 cm³/mol. The Bertz CT molecular complexity index is 1090. The summed E-state index contributed by atoms with van der Waals surface area (Å²) < 4.78 is 27.8. The first kappa shape index (κ1) is 21.5. The Morgan fingerprint density at radius 3 is 2.03 bits per heavy atom. The van der Waals surface area contributed by atoms with E-state index in [9.17, 15) is 18.0 Å². The van der Waals surface area contributed by atoms with E-state index < -0.39 is 10.0 Å². The fourth-order valence-electron chi connectivity index (χ4n) is 4.21. The van der Waals surface area contributed by atoms with Gasteiger partial charge in [-0.1, -0.05) is 12.1 Å². The van der Waals surface area contributed by atoms with E-state index in [0.717, 1.165) is 10.6 Å². The number of carbonyl (C=O) groups is 2. The van der Waals surface area contributed by atoms with Gasteiger partial charge in [-0.3, -0.25) is 14.5 Å². The van der Waals surface area contributed by atoms with E-state index in [1.807, 2.05) is 6.07 Å². The number of piperazine rings is 1. The molecule has 164 valence electrons. The fraction of sp³-hybridized carbons (Fsp3) is 0.391. The molecule has 0 aliphatic carbocycles. The Kier molecular flexibility index (Phi) is 5.85. The van der Waals surface area contributed by atoms with Gasteiger partial charge in [0.25, 0.3) is 0 Å². The topological polar surface area (TPSA) is 78.0 Å². The second-order valence-corrected chi connectivity index (χ2v) is 10.0. The molecular formula is C23H27N3O4S. The third-order valence-electron chi connectivity index (χ3n) is 6.17. The molecule has 0 radical (unpaired) electrons. The van der Waals surface area contributed by atoms with Gasteiger partial charge in [-0.15, -0.1) is 0 Å². The van der Waals surface area contributed by atoms with Crippen LogP contribution in [0.1, 0.15) is 30.4 Å². The minimum absolute atomic E-state index is 0.174. The number of nitrogens with zero attached hydrogens (tertiary/aromatic N) is 3. The summed E-state index contributed by atoms with van der Waals surface area (Å²) in [6, 6.07) is 12.2. The minimum atomic E-state index is -3.64. The van der Waals surface area contributed by atoms with Crippen LogP contribution in [0.2, 0.25) is 0 Å². The summed E-state index contributed by atoms with van der Waals surface area (Å²) in [6.45, 7) is 6.22. The molecule has 2 aromatic carbocycles. The number of hydrogen-bond acceptors (Lipinski definition) is 5. The summed E-state index contributed by atoms with van der Waals surface area (Å²) in [7, 11) is -3.64. The van der Waals surface area contributed by atoms with Crippen LogP contribution in [0.5, 0.6) is 0 Å². The molecule has 0 N–H and O–H groups in total. The molecule has 2 heterocycles. The number of hydrogen-bond donors (Lipinski definition) is 0. The average Bonchev–Trinajstić information content (AvgIpc) is 2.76. The van der Waals surface area contributed by atoms with E-state index in [1.54, 1.807) is 12.1 Å². The number of amides is 2. The van der Waals surface area contributed by atoms with Crippen molar-refractivity contribution in [1.29, 1.82) is 0 Å². The van der Waals surface area contributed by atoms with E-state index in [2.05, 4.69) is 30.9 Å². The summed E-state index contributed by atoms with van der Waals surface area (Å²) in [5.74, 6) is -0.483. The van der Waals surface area contributed by atoms with Gasteiger partial charge < -0.3 is 4.90 Å². The second-order valence-electron chi connectivity index (χ2n) is 8.08. The first-order valence-electron chi connectivity index (χ1n) is 10.6. The summed E-state index contributed by atoms with van der Waals surface area (Å²) >= 11 is 0. The average molecular weight is 442 g/mol. The Labute approximate surface area is 183 Å². The smallest absolute Gasteiger partial charge is 0.243 e. The highest BCUT2D eigenvalue weighted by molar-refractivity contribution is 7.89. The lowest BCUT2D eigenvalue weighted by molar-refractivity contribution is -0.129. The van der Waals surface area contributed by atoms with Gasteiger partial charge in [0.05, 0.1) is 10.6 Å². The van der Waals surface area contributed by atoms with Gasteiger partial charge in [0.2, 0.25) is 21.8 Å². The molecule has 2 fully saturated rings. The van der Waals surface area contributed by atoms with Gasteiger partial charge in [0.1, 0.15) is 0 Å². The molecule has 2 aliphatic rings. The van der Waals surface area contributed by atoms with Crippen molar-refractivity contribution >= 4 is 33.2 Å². The summed E-state index contributed by atoms with van der Waals surface area (Å²) in [4.78, 5) is 27.8. The van der Waals surface area contributed by atoms with E-state index >= 15 is 0 Å². The van der Waals surface area contributed by atoms with Crippen molar-refractivity contribution in [2.75, 3.05) is 36.0 Å². The van der Waals surface area contributed by atoms with Crippen LogP contribution in [0.3, 0.4) is 0 Å². The van der Waals surface area contributed by atoms with Gasteiger partial charge in [-0.25, -0.2) is 8.42 Å². The molecule has 2 aliphatic heterocycles. The van der Waals surface area contributed by atoms with Crippen LogP contribution >= 0.6 is 0 Å². The van der Waals surface area contributed by atoms with Gasteiger partial charge in [-0.05, 0) is 61.7 Å². The molecule has 4 rings (SSSR count). The maximum absolute atomic E-state index is 13.1. The number of piperidine rings is 1. The molecule has 0 bridgehead atoms. The molecule has 0 unspecified atom stereocenters. The molecule has 0 aromatic heterocycles. The highest BCUT2D eigenvalue weighted by Crippen LogP contribution is 2.27. The monoisotopic (exact) mass is 441 g/mol. The van der Waals surface area contributed by atoms with Crippen LogP contribution in [0.15, 0.2) is 47.4 Å². The zero-order chi connectivity index (χ0) is 22.2. The number of anilines is 2. The molecule has 0 saturated carbocycles. The van der Waals surface area contributed by atoms with Crippen LogP contribution in [0.25, 0.3) is 0 Å². The van der Waals surface area contributed by atoms with Gasteiger partial charge in [-0.2, -0.15) is 4.31 Å². The van der Waals surface area contributed by atoms with Crippen molar-refractivity contribution in [1.82, 2.24) is 4.31 Å². The lowest BCUT2D eigenvalue weighted by Crippen LogP contribution is -2.48. The highest BCUT2D eigenvalue weighted by Gasteiger charge is 2.31. The zero-order valence-electron chi connectivity index (χ0n) is 17.9. The lowest BCUT2D eigenvalue weighted by atomic mass is 10.1. The largest absolute Gasteiger partial charge is 0.369 e. The standard InChI is InChI=1S/C23H27N3O4S/c1-17-5-3-6-21(18(17)2)24-13-15-25(16-14-24)31(29,30)20-11-9-19(10-12-20)26-22(27)7-4-8-23(26)28/h3,5-6,9-12H,4,7-8,13-16H2,1-2H3. The Hall–Kier alpha value is -2.71. The van der Waals surface area contributed by atoms with Crippen LogP contribution in [-0.4, -0.2) is 50.7 Å². The summed E-state index contributed by atoms with van der Waals surface area (Å²) in [5, 5.41) is 0. The maximum Gasteiger partial charge on any atom is 0.243 e. The van der Waals surface area contributed by atoms with E-state index in [4.69, 9.17) is 0 Å². The van der Waals surface area contributed by atoms with Gasteiger partial charge >= 0.3 is 0 Å². The predicted octanol–water partition coefficient (Wildman–Crippen LogP) is 2.86. The molecule has 0 spiro atoms. The van der Waals surface area contributed by atoms with E-state index in [0.29, 0.717) is 51.1 Å². The normalized spacial score (nSPS) is 18.5. The molecule has 7 nitrogen and oxygen atoms in total. The van der Waals surface area contributed by atoms with Crippen molar-refractivity contribution in [3.63, 3.8) is 0 Å². The van der Waals surface area contributed by atoms with Crippen LogP contribution in [0.4, 0.5) is 11.4 Å². The highest BCUT2D eigenvalue weighted by atomic mass is 32.2. The molecular weight excluding hydrogens is 414 g/mol. The maximum atomic E-state index is 13.1. The third kappa shape index (κ3) is 4.09. The molecule has 0 atom stereocenters. The molecule has 2 saturated heterocycles. The number of benzene rings is 2. The van der Waals surface area contributed by atoms with Crippen molar-refractivity contribution < 1.29 is 18.0 Å². The SMILES string of the molecule is Cc1cccc(N2CCN(S(=O)(=O)c3ccc(N4C(=O)CCCC4=O)cc3)CC2)c1C. The third-order valence-corrected chi connectivity index (χ3v) is 8.08. The molecule has 2 aromatic rings. The number of sulfonamides is 1. The zero-order valence-corrected chi connectivity index (χ0v) is 18.7. The quantitative estimate of drug-likeness (QED) is 0.682.